The smallest absolute Gasteiger partial charge is 0.231 e. The van der Waals surface area contributed by atoms with Crippen molar-refractivity contribution >= 4 is 11.7 Å². The SMILES string of the molecule is CC1CN=C(N)CC(=NCCc2cccc3c2OCO3)N1. The van der Waals surface area contributed by atoms with Crippen molar-refractivity contribution in [3.05, 3.63) is 23.8 Å². The number of fused-ring (bicyclic) bond motifs is 1. The highest BCUT2D eigenvalue weighted by molar-refractivity contribution is 6.02. The van der Waals surface area contributed by atoms with Gasteiger partial charge in [-0.3, -0.25) is 9.98 Å². The van der Waals surface area contributed by atoms with Crippen LogP contribution in [0.5, 0.6) is 11.5 Å². The van der Waals surface area contributed by atoms with Crippen molar-refractivity contribution in [3.63, 3.8) is 0 Å². The molecular weight excluding hydrogens is 268 g/mol. The maximum Gasteiger partial charge on any atom is 0.231 e. The van der Waals surface area contributed by atoms with Gasteiger partial charge in [-0.25, -0.2) is 0 Å². The Kier molecular flexibility index (Phi) is 3.94. The minimum absolute atomic E-state index is 0.266. The van der Waals surface area contributed by atoms with Gasteiger partial charge in [0.2, 0.25) is 6.79 Å². The van der Waals surface area contributed by atoms with Crippen LogP contribution in [-0.2, 0) is 6.42 Å². The highest BCUT2D eigenvalue weighted by Crippen LogP contribution is 2.35. The van der Waals surface area contributed by atoms with Crippen LogP contribution in [0.2, 0.25) is 0 Å². The molecule has 1 unspecified atom stereocenters. The zero-order chi connectivity index (χ0) is 14.7. The number of ether oxygens (including phenoxy) is 2. The molecule has 0 bridgehead atoms. The first-order valence-corrected chi connectivity index (χ1v) is 7.18. The average molecular weight is 288 g/mol. The van der Waals surface area contributed by atoms with Crippen LogP contribution < -0.4 is 20.5 Å². The Morgan fingerprint density at radius 2 is 2.33 bits per heavy atom. The van der Waals surface area contributed by atoms with Gasteiger partial charge >= 0.3 is 0 Å². The zero-order valence-electron chi connectivity index (χ0n) is 12.1. The second-order valence-corrected chi connectivity index (χ2v) is 5.28. The summed E-state index contributed by atoms with van der Waals surface area (Å²) in [6, 6.07) is 6.21. The van der Waals surface area contributed by atoms with E-state index in [-0.39, 0.29) is 6.04 Å². The molecule has 1 aromatic rings. The summed E-state index contributed by atoms with van der Waals surface area (Å²) < 4.78 is 10.9. The van der Waals surface area contributed by atoms with E-state index in [2.05, 4.69) is 22.2 Å². The summed E-state index contributed by atoms with van der Waals surface area (Å²) >= 11 is 0. The largest absolute Gasteiger partial charge is 0.454 e. The summed E-state index contributed by atoms with van der Waals surface area (Å²) in [5.74, 6) is 3.22. The molecule has 112 valence electrons. The third-order valence-corrected chi connectivity index (χ3v) is 3.49. The van der Waals surface area contributed by atoms with Gasteiger partial charge in [0.25, 0.3) is 0 Å². The van der Waals surface area contributed by atoms with Crippen LogP contribution in [0.1, 0.15) is 18.9 Å². The van der Waals surface area contributed by atoms with Crippen molar-refractivity contribution in [2.75, 3.05) is 19.9 Å². The molecule has 0 amide bonds. The predicted molar refractivity (Wildman–Crippen MR) is 82.3 cm³/mol. The van der Waals surface area contributed by atoms with E-state index in [0.29, 0.717) is 32.1 Å². The van der Waals surface area contributed by atoms with Gasteiger partial charge in [-0.2, -0.15) is 0 Å². The molecule has 3 N–H and O–H groups in total. The van der Waals surface area contributed by atoms with Gasteiger partial charge in [0.05, 0.1) is 13.0 Å². The lowest BCUT2D eigenvalue weighted by molar-refractivity contribution is 0.173. The number of benzene rings is 1. The highest BCUT2D eigenvalue weighted by Gasteiger charge is 2.17. The molecule has 6 nitrogen and oxygen atoms in total. The Hall–Kier alpha value is -2.24. The number of nitrogens with one attached hydrogen (secondary N) is 1. The Morgan fingerprint density at radius 3 is 3.24 bits per heavy atom. The Morgan fingerprint density at radius 1 is 1.43 bits per heavy atom. The quantitative estimate of drug-likeness (QED) is 0.872. The lowest BCUT2D eigenvalue weighted by atomic mass is 10.1. The molecular formula is C15H20N4O2. The van der Waals surface area contributed by atoms with Gasteiger partial charge in [-0.15, -0.1) is 0 Å². The zero-order valence-corrected chi connectivity index (χ0v) is 12.1. The third-order valence-electron chi connectivity index (χ3n) is 3.49. The summed E-state index contributed by atoms with van der Waals surface area (Å²) in [5.41, 5.74) is 6.96. The normalized spacial score (nSPS) is 22.6. The Bertz CT molecular complexity index is 583. The second-order valence-electron chi connectivity index (χ2n) is 5.28. The van der Waals surface area contributed by atoms with Gasteiger partial charge in [0, 0.05) is 18.2 Å². The van der Waals surface area contributed by atoms with Crippen LogP contribution in [-0.4, -0.2) is 37.6 Å². The number of amidine groups is 2. The average Bonchev–Trinajstić information content (AvgIpc) is 2.88. The fourth-order valence-electron chi connectivity index (χ4n) is 2.46. The molecule has 2 aliphatic rings. The van der Waals surface area contributed by atoms with Crippen molar-refractivity contribution in [1.29, 1.82) is 0 Å². The van der Waals surface area contributed by atoms with Crippen molar-refractivity contribution in [2.24, 2.45) is 15.7 Å². The Balaban J connectivity index is 1.64. The first-order chi connectivity index (χ1) is 10.2. The van der Waals surface area contributed by atoms with Crippen LogP contribution in [0.25, 0.3) is 0 Å². The van der Waals surface area contributed by atoms with Gasteiger partial charge in [0.1, 0.15) is 11.7 Å². The number of hydrogen-bond acceptors (Lipinski definition) is 5. The van der Waals surface area contributed by atoms with E-state index in [1.165, 1.54) is 0 Å². The van der Waals surface area contributed by atoms with E-state index in [1.807, 2.05) is 18.2 Å². The summed E-state index contributed by atoms with van der Waals surface area (Å²) in [6.07, 6.45) is 1.40. The monoisotopic (exact) mass is 288 g/mol. The molecule has 0 saturated heterocycles. The molecule has 3 rings (SSSR count). The molecule has 2 aliphatic heterocycles. The van der Waals surface area contributed by atoms with E-state index in [1.54, 1.807) is 0 Å². The van der Waals surface area contributed by atoms with Crippen molar-refractivity contribution in [1.82, 2.24) is 5.32 Å². The van der Waals surface area contributed by atoms with Crippen molar-refractivity contribution in [3.8, 4) is 11.5 Å². The molecule has 0 fully saturated rings. The number of nitrogens with zero attached hydrogens (tertiary/aromatic N) is 2. The molecule has 0 aliphatic carbocycles. The van der Waals surface area contributed by atoms with Gasteiger partial charge in [-0.05, 0) is 19.4 Å². The summed E-state index contributed by atoms with van der Waals surface area (Å²) in [6.45, 7) is 3.75. The molecule has 0 radical (unpaired) electrons. The number of nitrogens with two attached hydrogens (primary N) is 1. The van der Waals surface area contributed by atoms with Crippen molar-refractivity contribution < 1.29 is 9.47 Å². The Labute approximate surface area is 124 Å². The van der Waals surface area contributed by atoms with Gasteiger partial charge in [0.15, 0.2) is 11.5 Å². The number of aliphatic imine (C=N–C) groups is 2. The first kappa shape index (κ1) is 13.7. The third kappa shape index (κ3) is 3.26. The van der Waals surface area contributed by atoms with Crippen LogP contribution in [0.3, 0.4) is 0 Å². The molecule has 2 heterocycles. The highest BCUT2D eigenvalue weighted by atomic mass is 16.7. The lowest BCUT2D eigenvalue weighted by Crippen LogP contribution is -2.34. The molecule has 1 atom stereocenters. The van der Waals surface area contributed by atoms with Gasteiger partial charge in [-0.1, -0.05) is 12.1 Å². The van der Waals surface area contributed by atoms with Crippen LogP contribution in [0, 0.1) is 0 Å². The maximum absolute atomic E-state index is 5.84. The van der Waals surface area contributed by atoms with Crippen LogP contribution >= 0.6 is 0 Å². The van der Waals surface area contributed by atoms with E-state index in [0.717, 1.165) is 29.3 Å². The first-order valence-electron chi connectivity index (χ1n) is 7.18. The standard InChI is InChI=1S/C15H20N4O2/c1-10-8-18-13(16)7-14(19-10)17-6-5-11-3-2-4-12-15(11)21-9-20-12/h2-4,10H,5-9H2,1H3,(H2,16,18)(H,17,19). The number of hydrogen-bond donors (Lipinski definition) is 2. The summed E-state index contributed by atoms with van der Waals surface area (Å²) in [5, 5.41) is 3.35. The second kappa shape index (κ2) is 6.03. The molecule has 21 heavy (non-hydrogen) atoms. The molecule has 0 aromatic heterocycles. The van der Waals surface area contributed by atoms with E-state index >= 15 is 0 Å². The molecule has 0 spiro atoms. The lowest BCUT2D eigenvalue weighted by Gasteiger charge is -2.11. The summed E-state index contributed by atoms with van der Waals surface area (Å²) in [7, 11) is 0. The number of rotatable bonds is 3. The van der Waals surface area contributed by atoms with Gasteiger partial charge < -0.3 is 20.5 Å². The fourth-order valence-corrected chi connectivity index (χ4v) is 2.46. The molecule has 1 aromatic carbocycles. The van der Waals surface area contributed by atoms with Crippen molar-refractivity contribution in [2.45, 2.75) is 25.8 Å². The molecule has 0 saturated carbocycles. The molecule has 6 heteroatoms. The topological polar surface area (TPSA) is 81.2 Å². The van der Waals surface area contributed by atoms with E-state index in [9.17, 15) is 0 Å². The fraction of sp³-hybridized carbons (Fsp3) is 0.467. The van der Waals surface area contributed by atoms with Crippen LogP contribution in [0.4, 0.5) is 0 Å². The van der Waals surface area contributed by atoms with E-state index in [4.69, 9.17) is 15.2 Å². The minimum atomic E-state index is 0.266. The number of para-hydroxylation sites is 1. The van der Waals surface area contributed by atoms with E-state index < -0.39 is 0 Å². The minimum Gasteiger partial charge on any atom is -0.454 e. The summed E-state index contributed by atoms with van der Waals surface area (Å²) in [4.78, 5) is 8.90. The van der Waals surface area contributed by atoms with Crippen LogP contribution in [0.15, 0.2) is 28.2 Å². The maximum atomic E-state index is 5.84. The predicted octanol–water partition coefficient (Wildman–Crippen LogP) is 1.10.